The second-order valence-corrected chi connectivity index (χ2v) is 8.88. The number of nitrogens with one attached hydrogen (secondary N) is 3. The van der Waals surface area contributed by atoms with Crippen LogP contribution in [0.15, 0.2) is 29.4 Å². The second kappa shape index (κ2) is 11.1. The molecule has 2 heterocycles. The molecule has 1 saturated heterocycles. The van der Waals surface area contributed by atoms with Gasteiger partial charge in [-0.05, 0) is 50.1 Å². The van der Waals surface area contributed by atoms with Crippen LogP contribution < -0.4 is 10.6 Å². The van der Waals surface area contributed by atoms with Crippen molar-refractivity contribution in [1.29, 1.82) is 0 Å². The van der Waals surface area contributed by atoms with E-state index in [4.69, 9.17) is 16.3 Å². The highest BCUT2D eigenvalue weighted by atomic mass is 35.5. The zero-order valence-electron chi connectivity index (χ0n) is 19.0. The number of benzene rings is 2. The third kappa shape index (κ3) is 5.98. The van der Waals surface area contributed by atoms with Crippen molar-refractivity contribution >= 4 is 40.1 Å². The van der Waals surface area contributed by atoms with E-state index in [0.717, 1.165) is 44.7 Å². The van der Waals surface area contributed by atoms with Crippen LogP contribution in [-0.4, -0.2) is 65.8 Å². The highest BCUT2D eigenvalue weighted by Gasteiger charge is 2.21. The van der Waals surface area contributed by atoms with Crippen molar-refractivity contribution in [3.05, 3.63) is 52.3 Å². The summed E-state index contributed by atoms with van der Waals surface area (Å²) >= 11 is 5.80. The van der Waals surface area contributed by atoms with Crippen LogP contribution in [0.5, 0.6) is 0 Å². The number of aromatic nitrogens is 2. The van der Waals surface area contributed by atoms with Crippen molar-refractivity contribution < 1.29 is 23.1 Å². The van der Waals surface area contributed by atoms with E-state index in [0.29, 0.717) is 19.0 Å². The minimum absolute atomic E-state index is 0.0269. The molecule has 0 bridgehead atoms. The number of imidazole rings is 1. The van der Waals surface area contributed by atoms with E-state index in [-0.39, 0.29) is 39.1 Å². The van der Waals surface area contributed by atoms with Gasteiger partial charge in [0.05, 0.1) is 10.5 Å². The van der Waals surface area contributed by atoms with Gasteiger partial charge in [0.15, 0.2) is 17.5 Å². The molecule has 3 aromatic rings. The molecule has 1 aromatic heterocycles. The average Bonchev–Trinajstić information content (AvgIpc) is 3.27. The van der Waals surface area contributed by atoms with Gasteiger partial charge in [-0.15, -0.1) is 0 Å². The monoisotopic (exact) mass is 510 g/mol. The Bertz CT molecular complexity index is 1220. The Morgan fingerprint density at radius 2 is 2.03 bits per heavy atom. The van der Waals surface area contributed by atoms with Crippen LogP contribution in [0.3, 0.4) is 0 Å². The van der Waals surface area contributed by atoms with E-state index in [9.17, 15) is 18.4 Å². The zero-order chi connectivity index (χ0) is 24.9. The number of amidine groups is 1. The summed E-state index contributed by atoms with van der Waals surface area (Å²) in [4.78, 5) is 9.27. The highest BCUT2D eigenvalue weighted by Crippen LogP contribution is 2.26. The molecule has 4 rings (SSSR count). The van der Waals surface area contributed by atoms with E-state index < -0.39 is 17.5 Å². The van der Waals surface area contributed by atoms with Gasteiger partial charge in [-0.3, -0.25) is 0 Å². The molecule has 1 aliphatic heterocycles. The lowest BCUT2D eigenvalue weighted by Gasteiger charge is -2.27. The minimum atomic E-state index is -1.16. The standard InChI is InChI=1S/C23H26ClF3N6O2/c1-33(12-13-4-8-35-9-5-13)7-6-28-23-30-20-15(11-18(26)19(27)21(20)31-23)22(32-34)29-14-2-3-17(25)16(24)10-14/h2-3,10-11,13,34H,4-9,12H2,1H3,(H,29,32)(H2,28,30,31). The Morgan fingerprint density at radius 3 is 2.74 bits per heavy atom. The van der Waals surface area contributed by atoms with Gasteiger partial charge in [-0.1, -0.05) is 16.8 Å². The van der Waals surface area contributed by atoms with E-state index in [2.05, 4.69) is 30.7 Å². The summed E-state index contributed by atoms with van der Waals surface area (Å²) in [7, 11) is 2.03. The Hall–Kier alpha value is -3.02. The minimum Gasteiger partial charge on any atom is -0.409 e. The SMILES string of the molecule is CN(CCNc1nc2c(F)c(F)cc(/C(=N/O)Nc3ccc(F)c(Cl)c3)c2[nH]1)CC1CCOCC1. The molecule has 0 atom stereocenters. The average molecular weight is 511 g/mol. The molecule has 1 fully saturated rings. The maximum absolute atomic E-state index is 14.5. The molecule has 0 unspecified atom stereocenters. The molecule has 0 amide bonds. The fourth-order valence-corrected chi connectivity index (χ4v) is 4.24. The first kappa shape index (κ1) is 25.1. The number of hydrogen-bond acceptors (Lipinski definition) is 6. The number of rotatable bonds is 8. The lowest BCUT2D eigenvalue weighted by Crippen LogP contribution is -2.32. The molecule has 0 aliphatic carbocycles. The van der Waals surface area contributed by atoms with Gasteiger partial charge in [0.2, 0.25) is 5.95 Å². The third-order valence-corrected chi connectivity index (χ3v) is 6.19. The molecule has 1 aliphatic rings. The number of aromatic amines is 1. The molecule has 0 saturated carbocycles. The van der Waals surface area contributed by atoms with Gasteiger partial charge in [0.1, 0.15) is 11.3 Å². The lowest BCUT2D eigenvalue weighted by atomic mass is 10.00. The van der Waals surface area contributed by atoms with Crippen molar-refractivity contribution in [3.63, 3.8) is 0 Å². The second-order valence-electron chi connectivity index (χ2n) is 8.48. The summed E-state index contributed by atoms with van der Waals surface area (Å²) in [6.45, 7) is 3.77. The first-order chi connectivity index (χ1) is 16.9. The summed E-state index contributed by atoms with van der Waals surface area (Å²) < 4.78 is 47.7. The Balaban J connectivity index is 1.49. The number of oxime groups is 1. The van der Waals surface area contributed by atoms with Crippen LogP contribution in [0, 0.1) is 23.4 Å². The first-order valence-electron chi connectivity index (χ1n) is 11.2. The Labute approximate surface area is 205 Å². The van der Waals surface area contributed by atoms with Crippen LogP contribution in [0.4, 0.5) is 24.8 Å². The van der Waals surface area contributed by atoms with Gasteiger partial charge in [-0.25, -0.2) is 18.2 Å². The van der Waals surface area contributed by atoms with Crippen LogP contribution in [0.1, 0.15) is 18.4 Å². The number of likely N-dealkylation sites (N-methyl/N-ethyl adjacent to an activating group) is 1. The number of nitrogens with zero attached hydrogens (tertiary/aromatic N) is 3. The maximum Gasteiger partial charge on any atom is 0.201 e. The number of anilines is 2. The predicted octanol–water partition coefficient (Wildman–Crippen LogP) is 4.65. The highest BCUT2D eigenvalue weighted by molar-refractivity contribution is 6.31. The number of ether oxygens (including phenoxy) is 1. The fourth-order valence-electron chi connectivity index (χ4n) is 4.06. The molecule has 0 spiro atoms. The van der Waals surface area contributed by atoms with Crippen LogP contribution >= 0.6 is 11.6 Å². The third-order valence-electron chi connectivity index (χ3n) is 5.90. The van der Waals surface area contributed by atoms with E-state index in [1.54, 1.807) is 0 Å². The topological polar surface area (TPSA) is 97.8 Å². The van der Waals surface area contributed by atoms with Crippen LogP contribution in [-0.2, 0) is 4.74 Å². The zero-order valence-corrected chi connectivity index (χ0v) is 19.8. The molecular weight excluding hydrogens is 485 g/mol. The largest absolute Gasteiger partial charge is 0.409 e. The van der Waals surface area contributed by atoms with Gasteiger partial charge >= 0.3 is 0 Å². The van der Waals surface area contributed by atoms with Crippen molar-refractivity contribution in [1.82, 2.24) is 14.9 Å². The number of hydrogen-bond donors (Lipinski definition) is 4. The molecule has 35 heavy (non-hydrogen) atoms. The van der Waals surface area contributed by atoms with Gasteiger partial charge < -0.3 is 30.5 Å². The lowest BCUT2D eigenvalue weighted by molar-refractivity contribution is 0.0562. The van der Waals surface area contributed by atoms with Gasteiger partial charge in [-0.2, -0.15) is 0 Å². The van der Waals surface area contributed by atoms with Gasteiger partial charge in [0, 0.05) is 44.1 Å². The van der Waals surface area contributed by atoms with E-state index in [1.165, 1.54) is 12.1 Å². The van der Waals surface area contributed by atoms with E-state index >= 15 is 0 Å². The van der Waals surface area contributed by atoms with Crippen LogP contribution in [0.2, 0.25) is 5.02 Å². The number of halogens is 4. The van der Waals surface area contributed by atoms with Crippen molar-refractivity contribution in [3.8, 4) is 0 Å². The number of H-pyrrole nitrogens is 1. The molecule has 4 N–H and O–H groups in total. The summed E-state index contributed by atoms with van der Waals surface area (Å²) in [5.41, 5.74) is 0.181. The molecule has 0 radical (unpaired) electrons. The maximum atomic E-state index is 14.5. The Kier molecular flexibility index (Phi) is 7.99. The number of fused-ring (bicyclic) bond motifs is 1. The van der Waals surface area contributed by atoms with Crippen molar-refractivity contribution in [2.45, 2.75) is 12.8 Å². The molecule has 12 heteroatoms. The quantitative estimate of drug-likeness (QED) is 0.152. The van der Waals surface area contributed by atoms with Crippen molar-refractivity contribution in [2.75, 3.05) is 50.5 Å². The summed E-state index contributed by atoms with van der Waals surface area (Å²) in [5.74, 6) is -2.29. The summed E-state index contributed by atoms with van der Waals surface area (Å²) in [6.07, 6.45) is 2.09. The molecular formula is C23H26ClF3N6O2. The van der Waals surface area contributed by atoms with Crippen molar-refractivity contribution in [2.24, 2.45) is 11.1 Å². The molecule has 2 aromatic carbocycles. The first-order valence-corrected chi connectivity index (χ1v) is 11.6. The predicted molar refractivity (Wildman–Crippen MR) is 129 cm³/mol. The van der Waals surface area contributed by atoms with Gasteiger partial charge in [0.25, 0.3) is 0 Å². The van der Waals surface area contributed by atoms with Crippen LogP contribution in [0.25, 0.3) is 11.0 Å². The smallest absolute Gasteiger partial charge is 0.201 e. The molecule has 8 nitrogen and oxygen atoms in total. The summed E-state index contributed by atoms with van der Waals surface area (Å²) in [6, 6.07) is 4.64. The summed E-state index contributed by atoms with van der Waals surface area (Å²) in [5, 5.41) is 18.4. The Morgan fingerprint density at radius 1 is 1.26 bits per heavy atom. The molecule has 188 valence electrons. The normalized spacial score (nSPS) is 15.2. The fraction of sp³-hybridized carbons (Fsp3) is 0.391. The van der Waals surface area contributed by atoms with E-state index in [1.807, 2.05) is 7.05 Å².